The van der Waals surface area contributed by atoms with Crippen molar-refractivity contribution in [2.24, 2.45) is 0 Å². The van der Waals surface area contributed by atoms with Crippen LogP contribution in [0.25, 0.3) is 0 Å². The molecule has 2 aromatic rings. The van der Waals surface area contributed by atoms with Crippen LogP contribution in [0.4, 0.5) is 0 Å². The summed E-state index contributed by atoms with van der Waals surface area (Å²) in [6.07, 6.45) is 4.38. The number of alkyl halides is 1. The van der Waals surface area contributed by atoms with E-state index in [1.54, 1.807) is 6.20 Å². The van der Waals surface area contributed by atoms with Crippen molar-refractivity contribution in [1.82, 2.24) is 14.7 Å². The summed E-state index contributed by atoms with van der Waals surface area (Å²) in [5.74, 6) is 0.682. The molecule has 24 heavy (non-hydrogen) atoms. The second kappa shape index (κ2) is 7.39. The number of aromatic nitrogens is 2. The van der Waals surface area contributed by atoms with Crippen molar-refractivity contribution in [2.45, 2.75) is 51.7 Å². The molecule has 4 nitrogen and oxygen atoms in total. The average Bonchev–Trinajstić information content (AvgIpc) is 3.35. The van der Waals surface area contributed by atoms with Gasteiger partial charge in [-0.05, 0) is 49.8 Å². The van der Waals surface area contributed by atoms with E-state index < -0.39 is 0 Å². The van der Waals surface area contributed by atoms with Crippen molar-refractivity contribution in [3.63, 3.8) is 0 Å². The van der Waals surface area contributed by atoms with Crippen LogP contribution < -0.4 is 0 Å². The lowest BCUT2D eigenvalue weighted by atomic mass is 10.1. The molecule has 1 aliphatic rings. The van der Waals surface area contributed by atoms with E-state index in [0.29, 0.717) is 6.54 Å². The standard InChI is InChI=1S/C19H24ClN3O/c1-3-23-18(10-11-21-23)14(2)22(19(24)12-20)13-15-4-6-16(7-5-15)17-8-9-17/h4-7,10-11,14,17H,3,8-9,12-13H2,1-2H3. The highest BCUT2D eigenvalue weighted by molar-refractivity contribution is 6.27. The van der Waals surface area contributed by atoms with Gasteiger partial charge in [-0.3, -0.25) is 9.48 Å². The van der Waals surface area contributed by atoms with Crippen LogP contribution in [0.3, 0.4) is 0 Å². The Balaban J connectivity index is 1.79. The zero-order valence-electron chi connectivity index (χ0n) is 14.3. The number of carbonyl (C=O) groups excluding carboxylic acids is 1. The maximum atomic E-state index is 12.4. The summed E-state index contributed by atoms with van der Waals surface area (Å²) in [7, 11) is 0. The number of carbonyl (C=O) groups is 1. The van der Waals surface area contributed by atoms with Gasteiger partial charge in [0.1, 0.15) is 5.88 Å². The number of hydrogen-bond donors (Lipinski definition) is 0. The smallest absolute Gasteiger partial charge is 0.238 e. The van der Waals surface area contributed by atoms with E-state index in [-0.39, 0.29) is 17.8 Å². The molecule has 1 aromatic carbocycles. The molecular weight excluding hydrogens is 322 g/mol. The average molecular weight is 346 g/mol. The van der Waals surface area contributed by atoms with Gasteiger partial charge in [-0.1, -0.05) is 24.3 Å². The molecule has 0 aliphatic heterocycles. The normalized spacial score (nSPS) is 15.3. The third-order valence-corrected chi connectivity index (χ3v) is 4.99. The Bertz CT molecular complexity index is 691. The molecule has 1 aliphatic carbocycles. The summed E-state index contributed by atoms with van der Waals surface area (Å²) < 4.78 is 1.93. The molecule has 5 heteroatoms. The Kier molecular flexibility index (Phi) is 5.24. The maximum Gasteiger partial charge on any atom is 0.238 e. The number of rotatable bonds is 7. The molecule has 0 bridgehead atoms. The SMILES string of the molecule is CCn1nccc1C(C)N(Cc1ccc(C2CC2)cc1)C(=O)CCl. The fraction of sp³-hybridized carbons (Fsp3) is 0.474. The van der Waals surface area contributed by atoms with Crippen molar-refractivity contribution in [3.05, 3.63) is 53.3 Å². The summed E-state index contributed by atoms with van der Waals surface area (Å²) in [4.78, 5) is 14.2. The minimum Gasteiger partial charge on any atom is -0.329 e. The summed E-state index contributed by atoms with van der Waals surface area (Å²) in [5, 5.41) is 4.31. The van der Waals surface area contributed by atoms with Crippen molar-refractivity contribution in [2.75, 3.05) is 5.88 Å². The molecule has 1 atom stereocenters. The van der Waals surface area contributed by atoms with Gasteiger partial charge >= 0.3 is 0 Å². The van der Waals surface area contributed by atoms with Crippen LogP contribution in [0, 0.1) is 0 Å². The summed E-state index contributed by atoms with van der Waals surface area (Å²) in [6, 6.07) is 10.5. The third kappa shape index (κ3) is 3.64. The quantitative estimate of drug-likeness (QED) is 0.708. The maximum absolute atomic E-state index is 12.4. The molecule has 1 saturated carbocycles. The Morgan fingerprint density at radius 2 is 2.04 bits per heavy atom. The van der Waals surface area contributed by atoms with Crippen LogP contribution in [0.5, 0.6) is 0 Å². The predicted octanol–water partition coefficient (Wildman–Crippen LogP) is 4.11. The van der Waals surface area contributed by atoms with Gasteiger partial charge in [0.2, 0.25) is 5.91 Å². The predicted molar refractivity (Wildman–Crippen MR) is 96.0 cm³/mol. The first-order chi connectivity index (χ1) is 11.6. The summed E-state index contributed by atoms with van der Waals surface area (Å²) in [5.41, 5.74) is 3.57. The number of amides is 1. The van der Waals surface area contributed by atoms with Crippen LogP contribution >= 0.6 is 11.6 Å². The molecule has 0 N–H and O–H groups in total. The van der Waals surface area contributed by atoms with Crippen LogP contribution in [-0.2, 0) is 17.9 Å². The Hall–Kier alpha value is -1.81. The van der Waals surface area contributed by atoms with E-state index in [2.05, 4.69) is 29.4 Å². The number of halogens is 1. The largest absolute Gasteiger partial charge is 0.329 e. The Morgan fingerprint density at radius 3 is 2.62 bits per heavy atom. The van der Waals surface area contributed by atoms with Gasteiger partial charge in [-0.15, -0.1) is 11.6 Å². The first-order valence-electron chi connectivity index (χ1n) is 8.60. The van der Waals surface area contributed by atoms with Gasteiger partial charge in [0.25, 0.3) is 0 Å². The van der Waals surface area contributed by atoms with Gasteiger partial charge in [0, 0.05) is 19.3 Å². The van der Waals surface area contributed by atoms with Gasteiger partial charge in [-0.25, -0.2) is 0 Å². The molecule has 1 amide bonds. The van der Waals surface area contributed by atoms with Crippen molar-refractivity contribution in [3.8, 4) is 0 Å². The minimum atomic E-state index is -0.0678. The van der Waals surface area contributed by atoms with E-state index in [4.69, 9.17) is 11.6 Å². The molecule has 0 saturated heterocycles. The Morgan fingerprint density at radius 1 is 1.33 bits per heavy atom. The molecular formula is C19H24ClN3O. The first kappa shape index (κ1) is 17.0. The summed E-state index contributed by atoms with van der Waals surface area (Å²) >= 11 is 5.85. The van der Waals surface area contributed by atoms with Crippen LogP contribution in [-0.4, -0.2) is 26.5 Å². The molecule has 1 unspecified atom stereocenters. The highest BCUT2D eigenvalue weighted by Gasteiger charge is 2.25. The van der Waals surface area contributed by atoms with E-state index in [9.17, 15) is 4.79 Å². The van der Waals surface area contributed by atoms with Crippen LogP contribution in [0.1, 0.15) is 55.5 Å². The van der Waals surface area contributed by atoms with Crippen LogP contribution in [0.15, 0.2) is 36.5 Å². The van der Waals surface area contributed by atoms with Gasteiger partial charge in [0.15, 0.2) is 0 Å². The molecule has 1 fully saturated rings. The van der Waals surface area contributed by atoms with E-state index in [0.717, 1.165) is 23.7 Å². The fourth-order valence-electron chi connectivity index (χ4n) is 3.15. The Labute approximate surface area is 148 Å². The van der Waals surface area contributed by atoms with Crippen molar-refractivity contribution >= 4 is 17.5 Å². The third-order valence-electron chi connectivity index (χ3n) is 4.76. The molecule has 1 heterocycles. The first-order valence-corrected chi connectivity index (χ1v) is 9.13. The van der Waals surface area contributed by atoms with Gasteiger partial charge < -0.3 is 4.90 Å². The minimum absolute atomic E-state index is 0.00917. The monoisotopic (exact) mass is 345 g/mol. The topological polar surface area (TPSA) is 38.1 Å². The summed E-state index contributed by atoms with van der Waals surface area (Å²) in [6.45, 7) is 5.43. The molecule has 1 aromatic heterocycles. The van der Waals surface area contributed by atoms with E-state index in [1.165, 1.54) is 18.4 Å². The van der Waals surface area contributed by atoms with Gasteiger partial charge in [0.05, 0.1) is 11.7 Å². The van der Waals surface area contributed by atoms with Crippen molar-refractivity contribution in [1.29, 1.82) is 0 Å². The molecule has 0 radical (unpaired) electrons. The second-order valence-corrected chi connectivity index (χ2v) is 6.69. The van der Waals surface area contributed by atoms with E-state index in [1.807, 2.05) is 29.5 Å². The number of hydrogen-bond acceptors (Lipinski definition) is 2. The highest BCUT2D eigenvalue weighted by Crippen LogP contribution is 2.40. The number of nitrogens with zero attached hydrogens (tertiary/aromatic N) is 3. The van der Waals surface area contributed by atoms with Crippen LogP contribution in [0.2, 0.25) is 0 Å². The fourth-order valence-corrected chi connectivity index (χ4v) is 3.30. The lowest BCUT2D eigenvalue weighted by Crippen LogP contribution is -2.35. The number of aryl methyl sites for hydroxylation is 1. The second-order valence-electron chi connectivity index (χ2n) is 6.42. The molecule has 0 spiro atoms. The molecule has 3 rings (SSSR count). The van der Waals surface area contributed by atoms with E-state index >= 15 is 0 Å². The van der Waals surface area contributed by atoms with Crippen molar-refractivity contribution < 1.29 is 4.79 Å². The zero-order chi connectivity index (χ0) is 17.1. The lowest BCUT2D eigenvalue weighted by Gasteiger charge is -2.29. The number of benzene rings is 1. The molecule has 128 valence electrons. The zero-order valence-corrected chi connectivity index (χ0v) is 15.0. The lowest BCUT2D eigenvalue weighted by molar-refractivity contribution is -0.131. The van der Waals surface area contributed by atoms with Gasteiger partial charge in [-0.2, -0.15) is 5.10 Å². The highest BCUT2D eigenvalue weighted by atomic mass is 35.5.